The number of likely N-dealkylation sites (N-methyl/N-ethyl adjacent to an activating group) is 1. The van der Waals surface area contributed by atoms with Crippen LogP contribution in [0, 0.1) is 11.7 Å². The molecule has 0 bridgehead atoms. The van der Waals surface area contributed by atoms with E-state index in [0.29, 0.717) is 6.61 Å². The van der Waals surface area contributed by atoms with E-state index in [1.807, 2.05) is 0 Å². The number of piperazine rings is 1. The molecule has 0 aliphatic carbocycles. The maximum absolute atomic E-state index is 13.4. The molecule has 116 valence electrons. The Balaban J connectivity index is 1.63. The average molecular weight is 293 g/mol. The lowest BCUT2D eigenvalue weighted by molar-refractivity contribution is 0.0917. The van der Waals surface area contributed by atoms with Crippen molar-refractivity contribution in [2.75, 3.05) is 45.9 Å². The molecule has 1 fully saturated rings. The first-order chi connectivity index (χ1) is 10.2. The molecule has 0 saturated carbocycles. The Morgan fingerprint density at radius 2 is 1.95 bits per heavy atom. The van der Waals surface area contributed by atoms with Gasteiger partial charge < -0.3 is 20.3 Å². The minimum Gasteiger partial charge on any atom is -0.493 e. The van der Waals surface area contributed by atoms with Crippen molar-refractivity contribution in [2.24, 2.45) is 11.7 Å². The Labute approximate surface area is 125 Å². The second kappa shape index (κ2) is 6.30. The van der Waals surface area contributed by atoms with Gasteiger partial charge in [0.25, 0.3) is 0 Å². The highest BCUT2D eigenvalue weighted by atomic mass is 19.1. The second-order valence-electron chi connectivity index (χ2n) is 6.01. The van der Waals surface area contributed by atoms with Crippen LogP contribution in [-0.2, 0) is 0 Å². The van der Waals surface area contributed by atoms with Gasteiger partial charge in [-0.3, -0.25) is 0 Å². The summed E-state index contributed by atoms with van der Waals surface area (Å²) in [6.07, 6.45) is 0. The molecule has 2 atom stereocenters. The summed E-state index contributed by atoms with van der Waals surface area (Å²) in [5, 5.41) is 0. The van der Waals surface area contributed by atoms with E-state index in [1.54, 1.807) is 6.07 Å². The van der Waals surface area contributed by atoms with Gasteiger partial charge in [-0.25, -0.2) is 4.39 Å². The van der Waals surface area contributed by atoms with E-state index in [4.69, 9.17) is 10.5 Å². The number of ether oxygens (including phenoxy) is 1. The fraction of sp³-hybridized carbons (Fsp3) is 0.625. The third-order valence-corrected chi connectivity index (χ3v) is 4.70. The molecule has 4 nitrogen and oxygen atoms in total. The van der Waals surface area contributed by atoms with Gasteiger partial charge in [-0.05, 0) is 24.7 Å². The van der Waals surface area contributed by atoms with Crippen LogP contribution in [0.25, 0.3) is 0 Å². The summed E-state index contributed by atoms with van der Waals surface area (Å²) in [5.41, 5.74) is 7.15. The molecule has 2 unspecified atom stereocenters. The van der Waals surface area contributed by atoms with Crippen molar-refractivity contribution in [3.8, 4) is 5.75 Å². The van der Waals surface area contributed by atoms with Crippen molar-refractivity contribution in [1.82, 2.24) is 9.80 Å². The quantitative estimate of drug-likeness (QED) is 0.916. The number of rotatable bonds is 3. The Morgan fingerprint density at radius 1 is 1.24 bits per heavy atom. The van der Waals surface area contributed by atoms with Gasteiger partial charge >= 0.3 is 0 Å². The van der Waals surface area contributed by atoms with Crippen LogP contribution in [0.5, 0.6) is 5.75 Å². The minimum absolute atomic E-state index is 0.145. The SMILES string of the molecule is CCN1CCN(CC2COc3ccc(F)cc3C2N)CC1. The van der Waals surface area contributed by atoms with Crippen LogP contribution in [0.1, 0.15) is 18.5 Å². The van der Waals surface area contributed by atoms with Crippen molar-refractivity contribution >= 4 is 0 Å². The highest BCUT2D eigenvalue weighted by Gasteiger charge is 2.30. The third-order valence-electron chi connectivity index (χ3n) is 4.70. The van der Waals surface area contributed by atoms with E-state index in [1.165, 1.54) is 12.1 Å². The number of nitrogens with zero attached hydrogens (tertiary/aromatic N) is 2. The number of benzene rings is 1. The first kappa shape index (κ1) is 14.8. The van der Waals surface area contributed by atoms with Crippen LogP contribution in [0.4, 0.5) is 4.39 Å². The summed E-state index contributed by atoms with van der Waals surface area (Å²) in [6.45, 7) is 9.25. The number of fused-ring (bicyclic) bond motifs is 1. The van der Waals surface area contributed by atoms with Gasteiger partial charge in [-0.15, -0.1) is 0 Å². The zero-order valence-corrected chi connectivity index (χ0v) is 12.6. The molecule has 5 heteroatoms. The molecule has 1 saturated heterocycles. The smallest absolute Gasteiger partial charge is 0.124 e. The standard InChI is InChI=1S/C16H24FN3O/c1-2-19-5-7-20(8-6-19)10-12-11-21-15-4-3-13(17)9-14(15)16(12)18/h3-4,9,12,16H,2,5-8,10-11,18H2,1H3. The summed E-state index contributed by atoms with van der Waals surface area (Å²) < 4.78 is 19.2. The number of hydrogen-bond donors (Lipinski definition) is 1. The first-order valence-corrected chi connectivity index (χ1v) is 7.80. The molecule has 1 aromatic rings. The lowest BCUT2D eigenvalue weighted by atomic mass is 9.90. The van der Waals surface area contributed by atoms with Crippen LogP contribution < -0.4 is 10.5 Å². The van der Waals surface area contributed by atoms with Crippen LogP contribution in [-0.4, -0.2) is 55.7 Å². The van der Waals surface area contributed by atoms with Gasteiger partial charge in [0, 0.05) is 50.2 Å². The number of hydrogen-bond acceptors (Lipinski definition) is 4. The summed E-state index contributed by atoms with van der Waals surface area (Å²) in [7, 11) is 0. The molecule has 2 aliphatic heterocycles. The van der Waals surface area contributed by atoms with Crippen molar-refractivity contribution in [3.63, 3.8) is 0 Å². The van der Waals surface area contributed by atoms with E-state index in [-0.39, 0.29) is 17.8 Å². The first-order valence-electron chi connectivity index (χ1n) is 7.80. The van der Waals surface area contributed by atoms with E-state index >= 15 is 0 Å². The van der Waals surface area contributed by atoms with Crippen molar-refractivity contribution < 1.29 is 9.13 Å². The van der Waals surface area contributed by atoms with Gasteiger partial charge in [0.1, 0.15) is 11.6 Å². The van der Waals surface area contributed by atoms with Crippen LogP contribution >= 0.6 is 0 Å². The largest absolute Gasteiger partial charge is 0.493 e. The molecular weight excluding hydrogens is 269 g/mol. The highest BCUT2D eigenvalue weighted by Crippen LogP contribution is 2.34. The molecule has 2 heterocycles. The molecule has 21 heavy (non-hydrogen) atoms. The van der Waals surface area contributed by atoms with Gasteiger partial charge in [0.15, 0.2) is 0 Å². The molecular formula is C16H24FN3O. The molecule has 0 aromatic heterocycles. The minimum atomic E-state index is -0.245. The zero-order valence-electron chi connectivity index (χ0n) is 12.6. The zero-order chi connectivity index (χ0) is 14.8. The molecule has 0 amide bonds. The van der Waals surface area contributed by atoms with E-state index in [9.17, 15) is 4.39 Å². The third kappa shape index (κ3) is 3.20. The number of nitrogens with two attached hydrogens (primary N) is 1. The molecule has 2 aliphatic rings. The molecule has 2 N–H and O–H groups in total. The van der Waals surface area contributed by atoms with E-state index in [0.717, 1.165) is 50.6 Å². The fourth-order valence-electron chi connectivity index (χ4n) is 3.25. The molecule has 1 aromatic carbocycles. The second-order valence-corrected chi connectivity index (χ2v) is 6.01. The van der Waals surface area contributed by atoms with E-state index < -0.39 is 0 Å². The maximum Gasteiger partial charge on any atom is 0.124 e. The van der Waals surface area contributed by atoms with Crippen molar-refractivity contribution in [3.05, 3.63) is 29.6 Å². The lowest BCUT2D eigenvalue weighted by Gasteiger charge is -2.38. The number of halogens is 1. The average Bonchev–Trinajstić information content (AvgIpc) is 2.51. The molecule has 0 radical (unpaired) electrons. The Kier molecular flexibility index (Phi) is 4.42. The van der Waals surface area contributed by atoms with E-state index in [2.05, 4.69) is 16.7 Å². The predicted molar refractivity (Wildman–Crippen MR) is 80.9 cm³/mol. The predicted octanol–water partition coefficient (Wildman–Crippen LogP) is 1.47. The van der Waals surface area contributed by atoms with Crippen molar-refractivity contribution in [2.45, 2.75) is 13.0 Å². The molecule has 0 spiro atoms. The van der Waals surface area contributed by atoms with Crippen LogP contribution in [0.2, 0.25) is 0 Å². The van der Waals surface area contributed by atoms with Gasteiger partial charge in [-0.2, -0.15) is 0 Å². The highest BCUT2D eigenvalue weighted by molar-refractivity contribution is 5.38. The Morgan fingerprint density at radius 3 is 2.67 bits per heavy atom. The summed E-state index contributed by atoms with van der Waals surface area (Å²) >= 11 is 0. The Hall–Kier alpha value is -1.17. The van der Waals surface area contributed by atoms with Gasteiger partial charge in [0.05, 0.1) is 6.61 Å². The lowest BCUT2D eigenvalue weighted by Crippen LogP contribution is -2.49. The fourth-order valence-corrected chi connectivity index (χ4v) is 3.25. The van der Waals surface area contributed by atoms with Gasteiger partial charge in [0.2, 0.25) is 0 Å². The topological polar surface area (TPSA) is 41.7 Å². The monoisotopic (exact) mass is 293 g/mol. The van der Waals surface area contributed by atoms with Crippen LogP contribution in [0.3, 0.4) is 0 Å². The van der Waals surface area contributed by atoms with Crippen LogP contribution in [0.15, 0.2) is 18.2 Å². The summed E-state index contributed by atoms with van der Waals surface area (Å²) in [4.78, 5) is 4.91. The van der Waals surface area contributed by atoms with Crippen molar-refractivity contribution in [1.29, 1.82) is 0 Å². The maximum atomic E-state index is 13.4. The Bertz CT molecular complexity index is 488. The summed E-state index contributed by atoms with van der Waals surface area (Å²) in [5.74, 6) is 0.716. The molecule has 3 rings (SSSR count). The normalized spacial score (nSPS) is 27.2. The van der Waals surface area contributed by atoms with Gasteiger partial charge in [-0.1, -0.05) is 6.92 Å². The summed E-state index contributed by atoms with van der Waals surface area (Å²) in [6, 6.07) is 4.48.